The molecule has 0 bridgehead atoms. The van der Waals surface area contributed by atoms with E-state index >= 15 is 0 Å². The number of benzene rings is 3. The predicted molar refractivity (Wildman–Crippen MR) is 126 cm³/mol. The smallest absolute Gasteiger partial charge is 0.339 e. The van der Waals surface area contributed by atoms with E-state index in [0.29, 0.717) is 39.4 Å². The van der Waals surface area contributed by atoms with Crippen molar-refractivity contribution in [1.29, 1.82) is 5.26 Å². The summed E-state index contributed by atoms with van der Waals surface area (Å²) in [5.41, 5.74) is 3.66. The third kappa shape index (κ3) is 4.56. The minimum absolute atomic E-state index is 0.0237. The molecule has 0 saturated carbocycles. The zero-order valence-electron chi connectivity index (χ0n) is 18.1. The van der Waals surface area contributed by atoms with E-state index in [1.54, 1.807) is 38.5 Å². The van der Waals surface area contributed by atoms with E-state index in [1.807, 2.05) is 47.8 Å². The van der Waals surface area contributed by atoms with Gasteiger partial charge in [-0.15, -0.1) is 11.3 Å². The lowest BCUT2D eigenvalue weighted by atomic mass is 9.96. The van der Waals surface area contributed by atoms with Gasteiger partial charge < -0.3 is 14.2 Å². The molecule has 0 unspecified atom stereocenters. The second kappa shape index (κ2) is 9.98. The highest BCUT2D eigenvalue weighted by Gasteiger charge is 2.18. The summed E-state index contributed by atoms with van der Waals surface area (Å²) in [7, 11) is 3.17. The molecule has 0 N–H and O–H groups in total. The second-order valence-corrected chi connectivity index (χ2v) is 7.82. The van der Waals surface area contributed by atoms with Gasteiger partial charge in [0.2, 0.25) is 0 Å². The molecule has 6 nitrogen and oxygen atoms in total. The molecule has 0 saturated heterocycles. The Morgan fingerprint density at radius 3 is 2.42 bits per heavy atom. The number of para-hydroxylation sites is 1. The van der Waals surface area contributed by atoms with E-state index in [9.17, 15) is 10.1 Å². The number of methoxy groups -OCH3 is 2. The molecule has 0 amide bonds. The van der Waals surface area contributed by atoms with Gasteiger partial charge in [0.1, 0.15) is 11.6 Å². The highest BCUT2D eigenvalue weighted by Crippen LogP contribution is 2.39. The number of ether oxygens (including phenoxy) is 3. The molecule has 0 radical (unpaired) electrons. The van der Waals surface area contributed by atoms with Crippen LogP contribution < -0.4 is 9.47 Å². The number of aromatic nitrogens is 1. The van der Waals surface area contributed by atoms with Crippen LogP contribution in [0.4, 0.5) is 0 Å². The van der Waals surface area contributed by atoms with Crippen LogP contribution in [0, 0.1) is 11.3 Å². The van der Waals surface area contributed by atoms with Crippen molar-refractivity contribution in [2.45, 2.75) is 6.61 Å². The van der Waals surface area contributed by atoms with E-state index in [-0.39, 0.29) is 6.61 Å². The van der Waals surface area contributed by atoms with E-state index < -0.39 is 5.97 Å². The van der Waals surface area contributed by atoms with Gasteiger partial charge in [0.15, 0.2) is 11.5 Å². The maximum Gasteiger partial charge on any atom is 0.339 e. The quantitative estimate of drug-likeness (QED) is 0.331. The van der Waals surface area contributed by atoms with Crippen LogP contribution in [0.3, 0.4) is 0 Å². The van der Waals surface area contributed by atoms with E-state index in [1.165, 1.54) is 11.3 Å². The Morgan fingerprint density at radius 1 is 0.939 bits per heavy atom. The van der Waals surface area contributed by atoms with Gasteiger partial charge in [0, 0.05) is 10.9 Å². The summed E-state index contributed by atoms with van der Waals surface area (Å²) < 4.78 is 16.4. The molecule has 0 spiro atoms. The van der Waals surface area contributed by atoms with Crippen molar-refractivity contribution >= 4 is 17.3 Å². The van der Waals surface area contributed by atoms with Crippen molar-refractivity contribution in [3.8, 4) is 39.3 Å². The van der Waals surface area contributed by atoms with Crippen LogP contribution in [-0.2, 0) is 11.3 Å². The van der Waals surface area contributed by atoms with Gasteiger partial charge in [-0.1, -0.05) is 42.5 Å². The summed E-state index contributed by atoms with van der Waals surface area (Å²) in [6, 6.07) is 22.0. The Balaban J connectivity index is 1.54. The molecule has 0 fully saturated rings. The number of carbonyl (C=O) groups is 1. The van der Waals surface area contributed by atoms with Crippen LogP contribution in [-0.4, -0.2) is 25.2 Å². The summed E-state index contributed by atoms with van der Waals surface area (Å²) in [6.07, 6.45) is 0. The average Bonchev–Trinajstić information content (AvgIpc) is 3.35. The normalized spacial score (nSPS) is 10.3. The van der Waals surface area contributed by atoms with Gasteiger partial charge in [-0.3, -0.25) is 0 Å². The SMILES string of the molecule is COc1cccc(-c2nc(COC(=O)c3ccccc3-c3ccccc3C#N)cs2)c1OC. The first-order chi connectivity index (χ1) is 16.2. The van der Waals surface area contributed by atoms with Crippen LogP contribution in [0.5, 0.6) is 11.5 Å². The van der Waals surface area contributed by atoms with Crippen LogP contribution >= 0.6 is 11.3 Å². The Bertz CT molecular complexity index is 1340. The molecule has 0 atom stereocenters. The molecule has 164 valence electrons. The fraction of sp³-hybridized carbons (Fsp3) is 0.115. The first-order valence-corrected chi connectivity index (χ1v) is 11.0. The Morgan fingerprint density at radius 2 is 1.67 bits per heavy atom. The largest absolute Gasteiger partial charge is 0.493 e. The average molecular weight is 457 g/mol. The molecule has 33 heavy (non-hydrogen) atoms. The van der Waals surface area contributed by atoms with Crippen molar-refractivity contribution in [1.82, 2.24) is 4.98 Å². The topological polar surface area (TPSA) is 81.4 Å². The lowest BCUT2D eigenvalue weighted by Gasteiger charge is -2.11. The molecule has 0 aliphatic heterocycles. The van der Waals surface area contributed by atoms with Gasteiger partial charge >= 0.3 is 5.97 Å². The van der Waals surface area contributed by atoms with Gasteiger partial charge in [-0.2, -0.15) is 5.26 Å². The molecule has 3 aromatic carbocycles. The predicted octanol–water partition coefficient (Wildman–Crippen LogP) is 5.72. The summed E-state index contributed by atoms with van der Waals surface area (Å²) in [6.45, 7) is 0.0237. The number of thiazole rings is 1. The van der Waals surface area contributed by atoms with Gasteiger partial charge in [0.25, 0.3) is 0 Å². The van der Waals surface area contributed by atoms with Crippen LogP contribution in [0.15, 0.2) is 72.1 Å². The third-order valence-electron chi connectivity index (χ3n) is 5.02. The fourth-order valence-electron chi connectivity index (χ4n) is 3.48. The lowest BCUT2D eigenvalue weighted by molar-refractivity contribution is 0.0469. The molecule has 0 aliphatic rings. The summed E-state index contributed by atoms with van der Waals surface area (Å²) in [5, 5.41) is 12.0. The number of esters is 1. The van der Waals surface area contributed by atoms with Crippen molar-refractivity contribution < 1.29 is 19.0 Å². The standard InChI is InChI=1S/C26H20N2O4S/c1-30-23-13-7-12-22(24(23)31-2)25-28-18(16-33-25)15-32-26(29)21-11-6-5-10-20(21)19-9-4-3-8-17(19)14-27/h3-13,16H,15H2,1-2H3. The molecule has 4 rings (SSSR count). The molecule has 1 aromatic heterocycles. The van der Waals surface area contributed by atoms with Gasteiger partial charge in [-0.25, -0.2) is 9.78 Å². The summed E-state index contributed by atoms with van der Waals surface area (Å²) >= 11 is 1.43. The molecule has 4 aromatic rings. The minimum Gasteiger partial charge on any atom is -0.493 e. The highest BCUT2D eigenvalue weighted by atomic mass is 32.1. The maximum absolute atomic E-state index is 12.9. The zero-order chi connectivity index (χ0) is 23.2. The first-order valence-electron chi connectivity index (χ1n) is 10.1. The number of carbonyl (C=O) groups excluding carboxylic acids is 1. The number of hydrogen-bond acceptors (Lipinski definition) is 7. The van der Waals surface area contributed by atoms with E-state index in [4.69, 9.17) is 14.2 Å². The maximum atomic E-state index is 12.9. The Hall–Kier alpha value is -4.15. The van der Waals surface area contributed by atoms with Crippen molar-refractivity contribution in [3.63, 3.8) is 0 Å². The first kappa shape index (κ1) is 22.1. The number of hydrogen-bond donors (Lipinski definition) is 0. The molecular formula is C26H20N2O4S. The van der Waals surface area contributed by atoms with Crippen LogP contribution in [0.2, 0.25) is 0 Å². The van der Waals surface area contributed by atoms with E-state index in [2.05, 4.69) is 11.1 Å². The minimum atomic E-state index is -0.480. The lowest BCUT2D eigenvalue weighted by Crippen LogP contribution is -2.07. The molecule has 7 heteroatoms. The summed E-state index contributed by atoms with van der Waals surface area (Å²) in [4.78, 5) is 17.5. The third-order valence-corrected chi connectivity index (χ3v) is 5.95. The van der Waals surface area contributed by atoms with Crippen molar-refractivity contribution in [3.05, 3.63) is 88.9 Å². The van der Waals surface area contributed by atoms with Crippen LogP contribution in [0.25, 0.3) is 21.7 Å². The summed E-state index contributed by atoms with van der Waals surface area (Å²) in [5.74, 6) is 0.738. The monoisotopic (exact) mass is 456 g/mol. The zero-order valence-corrected chi connectivity index (χ0v) is 18.9. The molecule has 1 heterocycles. The molecule has 0 aliphatic carbocycles. The molecular weight excluding hydrogens is 436 g/mol. The fourth-order valence-corrected chi connectivity index (χ4v) is 4.31. The van der Waals surface area contributed by atoms with Crippen molar-refractivity contribution in [2.75, 3.05) is 14.2 Å². The number of rotatable bonds is 7. The Labute approximate surface area is 195 Å². The number of nitriles is 1. The highest BCUT2D eigenvalue weighted by molar-refractivity contribution is 7.13. The van der Waals surface area contributed by atoms with E-state index in [0.717, 1.165) is 10.6 Å². The Kier molecular flexibility index (Phi) is 6.67. The second-order valence-electron chi connectivity index (χ2n) is 6.96. The van der Waals surface area contributed by atoms with Crippen molar-refractivity contribution in [2.24, 2.45) is 0 Å². The van der Waals surface area contributed by atoms with Crippen LogP contribution in [0.1, 0.15) is 21.6 Å². The van der Waals surface area contributed by atoms with Gasteiger partial charge in [-0.05, 0) is 29.8 Å². The van der Waals surface area contributed by atoms with Gasteiger partial charge in [0.05, 0.1) is 42.7 Å². The number of nitrogens with zero attached hydrogens (tertiary/aromatic N) is 2.